The average Bonchev–Trinajstić information content (AvgIpc) is 2.90. The van der Waals surface area contributed by atoms with E-state index in [1.54, 1.807) is 19.9 Å². The molecule has 30 heavy (non-hydrogen) atoms. The molecule has 164 valence electrons. The summed E-state index contributed by atoms with van der Waals surface area (Å²) < 4.78 is 0. The van der Waals surface area contributed by atoms with Gasteiger partial charge in [0.05, 0.1) is 16.9 Å². The molecule has 0 aromatic heterocycles. The van der Waals surface area contributed by atoms with Crippen molar-refractivity contribution in [1.82, 2.24) is 10.6 Å². The van der Waals surface area contributed by atoms with Crippen LogP contribution in [0.15, 0.2) is 24.3 Å². The van der Waals surface area contributed by atoms with Gasteiger partial charge in [-0.05, 0) is 11.5 Å². The molecular formula is C19H25ClN4O6. The molecule has 1 aromatic carbocycles. The SMILES string of the molecule is CC(C)[C@H](NC(=O)CC(N)c1cccc([N+](=O)[O-])c1)C(=O)[C@@H]1C(=O)NC(=O)[C@H]1C.Cl. The number of hydrogen-bond acceptors (Lipinski definition) is 7. The number of rotatable bonds is 8. The van der Waals surface area contributed by atoms with Crippen molar-refractivity contribution in [2.24, 2.45) is 23.5 Å². The standard InChI is InChI=1S/C19H24N4O6.ClH/c1-9(2)16(17(25)15-10(3)18(26)22-19(15)27)21-14(24)8-13(20)11-5-4-6-12(7-11)23(28)29;/h4-7,9-10,13,15-16H,8,20H2,1-3H3,(H,21,24)(H,22,26,27);1H/t10-,13?,15+,16-;/m0./s1. The number of non-ortho nitro benzene ring substituents is 1. The van der Waals surface area contributed by atoms with Gasteiger partial charge in [-0.25, -0.2) is 0 Å². The third-order valence-electron chi connectivity index (χ3n) is 4.95. The van der Waals surface area contributed by atoms with E-state index >= 15 is 0 Å². The van der Waals surface area contributed by atoms with Crippen molar-refractivity contribution in [3.05, 3.63) is 39.9 Å². The van der Waals surface area contributed by atoms with E-state index < -0.39 is 52.3 Å². The van der Waals surface area contributed by atoms with Crippen LogP contribution < -0.4 is 16.4 Å². The number of carbonyl (C=O) groups excluding carboxylic acids is 4. The van der Waals surface area contributed by atoms with Gasteiger partial charge in [-0.3, -0.25) is 34.6 Å². The Hall–Kier alpha value is -2.85. The van der Waals surface area contributed by atoms with E-state index in [0.29, 0.717) is 5.56 Å². The third kappa shape index (κ3) is 5.61. The molecule has 1 aromatic rings. The second kappa shape index (κ2) is 10.3. The Morgan fingerprint density at radius 2 is 1.90 bits per heavy atom. The van der Waals surface area contributed by atoms with Gasteiger partial charge in [0.1, 0.15) is 5.92 Å². The summed E-state index contributed by atoms with van der Waals surface area (Å²) >= 11 is 0. The smallest absolute Gasteiger partial charge is 0.269 e. The lowest BCUT2D eigenvalue weighted by molar-refractivity contribution is -0.384. The maximum atomic E-state index is 12.8. The Kier molecular flexibility index (Phi) is 8.61. The van der Waals surface area contributed by atoms with E-state index in [2.05, 4.69) is 10.6 Å². The normalized spacial score (nSPS) is 20.2. The summed E-state index contributed by atoms with van der Waals surface area (Å²) in [6.07, 6.45) is -0.205. The Morgan fingerprint density at radius 1 is 1.27 bits per heavy atom. The molecule has 1 aliphatic rings. The zero-order chi connectivity index (χ0) is 21.9. The van der Waals surface area contributed by atoms with Crippen LogP contribution in [0.1, 0.15) is 38.8 Å². The largest absolute Gasteiger partial charge is 0.346 e. The molecule has 0 saturated carbocycles. The Morgan fingerprint density at radius 3 is 2.40 bits per heavy atom. The summed E-state index contributed by atoms with van der Waals surface area (Å²) in [6, 6.07) is 3.88. The summed E-state index contributed by atoms with van der Waals surface area (Å²) in [7, 11) is 0. The first kappa shape index (κ1) is 25.2. The van der Waals surface area contributed by atoms with Crippen LogP contribution >= 0.6 is 12.4 Å². The predicted octanol–water partition coefficient (Wildman–Crippen LogP) is 1.03. The van der Waals surface area contributed by atoms with Gasteiger partial charge < -0.3 is 11.1 Å². The minimum atomic E-state index is -1.15. The maximum Gasteiger partial charge on any atom is 0.269 e. The number of nitro groups is 1. The molecule has 2 rings (SSSR count). The monoisotopic (exact) mass is 440 g/mol. The molecule has 1 fully saturated rings. The van der Waals surface area contributed by atoms with Crippen LogP contribution in [0.3, 0.4) is 0 Å². The van der Waals surface area contributed by atoms with E-state index in [-0.39, 0.29) is 30.4 Å². The van der Waals surface area contributed by atoms with Crippen molar-refractivity contribution in [2.45, 2.75) is 39.3 Å². The molecule has 0 spiro atoms. The number of nitrogens with zero attached hydrogens (tertiary/aromatic N) is 1. The van der Waals surface area contributed by atoms with Crippen LogP contribution in [0.2, 0.25) is 0 Å². The number of nitrogens with one attached hydrogen (secondary N) is 2. The highest BCUT2D eigenvalue weighted by Crippen LogP contribution is 2.24. The summed E-state index contributed by atoms with van der Waals surface area (Å²) in [5, 5.41) is 15.6. The number of imide groups is 1. The number of nitro benzene ring substituents is 1. The van der Waals surface area contributed by atoms with Gasteiger partial charge in [-0.1, -0.05) is 32.9 Å². The zero-order valence-corrected chi connectivity index (χ0v) is 17.6. The van der Waals surface area contributed by atoms with Crippen LogP contribution in [-0.2, 0) is 19.2 Å². The minimum Gasteiger partial charge on any atom is -0.346 e. The molecule has 3 amide bonds. The molecule has 0 bridgehead atoms. The van der Waals surface area contributed by atoms with Crippen LogP contribution in [0, 0.1) is 27.9 Å². The van der Waals surface area contributed by atoms with Gasteiger partial charge in [-0.2, -0.15) is 0 Å². The first-order valence-electron chi connectivity index (χ1n) is 9.20. The van der Waals surface area contributed by atoms with E-state index in [0.717, 1.165) is 0 Å². The van der Waals surface area contributed by atoms with E-state index in [9.17, 15) is 29.3 Å². The summed E-state index contributed by atoms with van der Waals surface area (Å²) in [4.78, 5) is 59.2. The van der Waals surface area contributed by atoms with Gasteiger partial charge in [0, 0.05) is 24.6 Å². The highest BCUT2D eigenvalue weighted by Gasteiger charge is 2.46. The number of benzene rings is 1. The summed E-state index contributed by atoms with van der Waals surface area (Å²) in [5.74, 6) is -4.53. The van der Waals surface area contributed by atoms with E-state index in [4.69, 9.17) is 5.73 Å². The molecule has 1 aliphatic heterocycles. The fourth-order valence-electron chi connectivity index (χ4n) is 3.25. The van der Waals surface area contributed by atoms with E-state index in [1.165, 1.54) is 25.1 Å². The van der Waals surface area contributed by atoms with Crippen molar-refractivity contribution >= 4 is 41.6 Å². The maximum absolute atomic E-state index is 12.8. The molecule has 1 heterocycles. The lowest BCUT2D eigenvalue weighted by atomic mass is 9.85. The second-order valence-corrected chi connectivity index (χ2v) is 7.47. The van der Waals surface area contributed by atoms with Crippen LogP contribution in [0.25, 0.3) is 0 Å². The lowest BCUT2D eigenvalue weighted by Gasteiger charge is -2.25. The highest BCUT2D eigenvalue weighted by molar-refractivity contribution is 6.16. The highest BCUT2D eigenvalue weighted by atomic mass is 35.5. The number of nitrogens with two attached hydrogens (primary N) is 1. The third-order valence-corrected chi connectivity index (χ3v) is 4.95. The Bertz CT molecular complexity index is 859. The van der Waals surface area contributed by atoms with Crippen LogP contribution in [0.4, 0.5) is 5.69 Å². The number of ketones is 1. The number of amides is 3. The number of halogens is 1. The molecular weight excluding hydrogens is 416 g/mol. The molecule has 1 unspecified atom stereocenters. The first-order chi connectivity index (χ1) is 13.5. The summed E-state index contributed by atoms with van der Waals surface area (Å²) in [6.45, 7) is 4.91. The summed E-state index contributed by atoms with van der Waals surface area (Å²) in [5.41, 5.74) is 6.27. The fourth-order valence-corrected chi connectivity index (χ4v) is 3.25. The average molecular weight is 441 g/mol. The van der Waals surface area contributed by atoms with Gasteiger partial charge in [0.2, 0.25) is 17.7 Å². The van der Waals surface area contributed by atoms with E-state index in [1.807, 2.05) is 0 Å². The van der Waals surface area contributed by atoms with Crippen LogP contribution in [-0.4, -0.2) is 34.5 Å². The van der Waals surface area contributed by atoms with Gasteiger partial charge in [0.15, 0.2) is 5.78 Å². The molecule has 4 N–H and O–H groups in total. The van der Waals surface area contributed by atoms with Crippen molar-refractivity contribution in [1.29, 1.82) is 0 Å². The van der Waals surface area contributed by atoms with Crippen molar-refractivity contribution < 1.29 is 24.1 Å². The number of hydrogen-bond donors (Lipinski definition) is 3. The molecule has 4 atom stereocenters. The fraction of sp³-hybridized carbons (Fsp3) is 0.474. The lowest BCUT2D eigenvalue weighted by Crippen LogP contribution is -2.49. The quantitative estimate of drug-likeness (QED) is 0.235. The number of Topliss-reactive ketones (excluding diaryl/α,β-unsaturated/α-hetero) is 1. The predicted molar refractivity (Wildman–Crippen MR) is 109 cm³/mol. The zero-order valence-electron chi connectivity index (χ0n) is 16.8. The molecule has 11 heteroatoms. The molecule has 0 radical (unpaired) electrons. The molecule has 0 aliphatic carbocycles. The van der Waals surface area contributed by atoms with Crippen molar-refractivity contribution in [2.75, 3.05) is 0 Å². The molecule has 1 saturated heterocycles. The first-order valence-corrected chi connectivity index (χ1v) is 9.20. The van der Waals surface area contributed by atoms with Crippen molar-refractivity contribution in [3.8, 4) is 0 Å². The van der Waals surface area contributed by atoms with Crippen LogP contribution in [0.5, 0.6) is 0 Å². The van der Waals surface area contributed by atoms with Gasteiger partial charge in [-0.15, -0.1) is 12.4 Å². The Balaban J connectivity index is 0.00000450. The van der Waals surface area contributed by atoms with Gasteiger partial charge in [0.25, 0.3) is 5.69 Å². The van der Waals surface area contributed by atoms with Gasteiger partial charge >= 0.3 is 0 Å². The second-order valence-electron chi connectivity index (χ2n) is 7.47. The minimum absolute atomic E-state index is 0. The topological polar surface area (TPSA) is 162 Å². The van der Waals surface area contributed by atoms with Crippen molar-refractivity contribution in [3.63, 3.8) is 0 Å². The molecule has 10 nitrogen and oxygen atoms in total. The Labute approximate surface area is 179 Å². The number of carbonyl (C=O) groups is 4.